The molecule has 7 nitrogen and oxygen atoms in total. The van der Waals surface area contributed by atoms with Gasteiger partial charge in [0.15, 0.2) is 5.96 Å². The summed E-state index contributed by atoms with van der Waals surface area (Å²) in [5.74, 6) is 0.714. The first kappa shape index (κ1) is 25.5. The normalized spacial score (nSPS) is 14.9. The van der Waals surface area contributed by atoms with E-state index >= 15 is 0 Å². The molecule has 1 fully saturated rings. The van der Waals surface area contributed by atoms with Crippen molar-refractivity contribution < 1.29 is 4.79 Å². The molecule has 0 aromatic heterocycles. The Labute approximate surface area is 192 Å². The second-order valence-electron chi connectivity index (χ2n) is 7.43. The summed E-state index contributed by atoms with van der Waals surface area (Å²) in [5.41, 5.74) is 2.65. The Bertz CT molecular complexity index is 644. The first-order valence-electron chi connectivity index (χ1n) is 10.3. The molecular weight excluding hydrogens is 479 g/mol. The lowest BCUT2D eigenvalue weighted by Gasteiger charge is -2.36. The van der Waals surface area contributed by atoms with Gasteiger partial charge in [0.1, 0.15) is 6.54 Å². The number of likely N-dealkylation sites (N-methyl/N-ethyl adjacent to an activating group) is 1. The van der Waals surface area contributed by atoms with Crippen LogP contribution in [0.25, 0.3) is 0 Å². The van der Waals surface area contributed by atoms with E-state index < -0.39 is 0 Å². The number of aliphatic imine (C=N–C) groups is 1. The van der Waals surface area contributed by atoms with Gasteiger partial charge in [-0.3, -0.25) is 9.69 Å². The number of aryl methyl sites for hydroxylation is 1. The third-order valence-electron chi connectivity index (χ3n) is 4.90. The maximum Gasteiger partial charge on any atom is 0.243 e. The average Bonchev–Trinajstić information content (AvgIpc) is 2.69. The summed E-state index contributed by atoms with van der Waals surface area (Å²) < 4.78 is 0. The fraction of sp³-hybridized carbons (Fsp3) is 0.619. The van der Waals surface area contributed by atoms with Crippen molar-refractivity contribution in [2.24, 2.45) is 4.99 Å². The Morgan fingerprint density at radius 1 is 1.17 bits per heavy atom. The zero-order valence-corrected chi connectivity index (χ0v) is 20.6. The van der Waals surface area contributed by atoms with Crippen molar-refractivity contribution in [1.29, 1.82) is 0 Å². The van der Waals surface area contributed by atoms with Gasteiger partial charge in [-0.2, -0.15) is 0 Å². The SMILES string of the molecule is CCNC(=NCC(=O)N(C)C)NCCCN1CCN(c2cccc(C)c2)CC1.I. The molecule has 2 rings (SSSR count). The molecule has 0 spiro atoms. The Hall–Kier alpha value is -1.55. The van der Waals surface area contributed by atoms with Crippen LogP contribution in [-0.2, 0) is 4.79 Å². The summed E-state index contributed by atoms with van der Waals surface area (Å²) in [6.07, 6.45) is 1.05. The second kappa shape index (κ2) is 13.6. The molecule has 1 saturated heterocycles. The van der Waals surface area contributed by atoms with E-state index in [0.29, 0.717) is 5.96 Å². The number of nitrogens with one attached hydrogen (secondary N) is 2. The monoisotopic (exact) mass is 516 g/mol. The van der Waals surface area contributed by atoms with Crippen molar-refractivity contribution in [2.45, 2.75) is 20.3 Å². The Morgan fingerprint density at radius 2 is 1.90 bits per heavy atom. The number of amides is 1. The van der Waals surface area contributed by atoms with Gasteiger partial charge in [-0.25, -0.2) is 4.99 Å². The summed E-state index contributed by atoms with van der Waals surface area (Å²) in [4.78, 5) is 22.6. The molecule has 2 N–H and O–H groups in total. The molecule has 1 aromatic rings. The third kappa shape index (κ3) is 9.20. The molecule has 1 aliphatic heterocycles. The highest BCUT2D eigenvalue weighted by Crippen LogP contribution is 2.17. The summed E-state index contributed by atoms with van der Waals surface area (Å²) in [6.45, 7) is 11.4. The number of rotatable bonds is 8. The van der Waals surface area contributed by atoms with Crippen molar-refractivity contribution in [3.8, 4) is 0 Å². The zero-order valence-electron chi connectivity index (χ0n) is 18.3. The molecule has 1 heterocycles. The molecule has 0 saturated carbocycles. The fourth-order valence-electron chi connectivity index (χ4n) is 3.19. The van der Waals surface area contributed by atoms with Gasteiger partial charge in [-0.1, -0.05) is 12.1 Å². The van der Waals surface area contributed by atoms with Crippen LogP contribution in [0.4, 0.5) is 5.69 Å². The lowest BCUT2D eigenvalue weighted by atomic mass is 10.2. The van der Waals surface area contributed by atoms with E-state index in [2.05, 4.69) is 56.6 Å². The molecule has 164 valence electrons. The highest BCUT2D eigenvalue weighted by atomic mass is 127. The van der Waals surface area contributed by atoms with Gasteiger partial charge in [-0.15, -0.1) is 24.0 Å². The number of guanidine groups is 1. The largest absolute Gasteiger partial charge is 0.369 e. The van der Waals surface area contributed by atoms with Gasteiger partial charge < -0.3 is 20.4 Å². The molecule has 0 radical (unpaired) electrons. The summed E-state index contributed by atoms with van der Waals surface area (Å²) >= 11 is 0. The molecule has 0 unspecified atom stereocenters. The maximum atomic E-state index is 11.7. The van der Waals surface area contributed by atoms with Crippen LogP contribution >= 0.6 is 24.0 Å². The first-order valence-corrected chi connectivity index (χ1v) is 10.3. The molecule has 1 amide bonds. The molecule has 1 aliphatic rings. The van der Waals surface area contributed by atoms with E-state index in [1.165, 1.54) is 11.3 Å². The van der Waals surface area contributed by atoms with Crippen LogP contribution in [0.1, 0.15) is 18.9 Å². The molecule has 1 aromatic carbocycles. The molecule has 8 heteroatoms. The standard InChI is InChI=1S/C21H36N6O.HI/c1-5-22-21(24-17-20(28)25(3)4)23-10-7-11-26-12-14-27(15-13-26)19-9-6-8-18(2)16-19;/h6,8-9,16H,5,7,10-15,17H2,1-4H3,(H2,22,23,24);1H. The van der Waals surface area contributed by atoms with Crippen LogP contribution < -0.4 is 15.5 Å². The zero-order chi connectivity index (χ0) is 20.4. The van der Waals surface area contributed by atoms with Gasteiger partial charge in [0.2, 0.25) is 5.91 Å². The topological polar surface area (TPSA) is 63.2 Å². The molecule has 0 atom stereocenters. The lowest BCUT2D eigenvalue weighted by Crippen LogP contribution is -2.47. The van der Waals surface area contributed by atoms with Gasteiger partial charge >= 0.3 is 0 Å². The van der Waals surface area contributed by atoms with Crippen LogP contribution in [0.5, 0.6) is 0 Å². The van der Waals surface area contributed by atoms with Gasteiger partial charge in [0, 0.05) is 59.1 Å². The number of nitrogens with zero attached hydrogens (tertiary/aromatic N) is 4. The molecule has 0 aliphatic carbocycles. The third-order valence-corrected chi connectivity index (χ3v) is 4.90. The smallest absolute Gasteiger partial charge is 0.243 e. The van der Waals surface area contributed by atoms with Crippen molar-refractivity contribution in [2.75, 3.05) is 71.4 Å². The highest BCUT2D eigenvalue weighted by molar-refractivity contribution is 14.0. The first-order chi connectivity index (χ1) is 13.5. The number of carbonyl (C=O) groups is 1. The number of hydrogen-bond acceptors (Lipinski definition) is 4. The van der Waals surface area contributed by atoms with E-state index in [9.17, 15) is 4.79 Å². The van der Waals surface area contributed by atoms with Gasteiger partial charge in [0.05, 0.1) is 0 Å². The van der Waals surface area contributed by atoms with Gasteiger partial charge in [-0.05, 0) is 44.5 Å². The number of anilines is 1. The number of halogens is 1. The number of carbonyl (C=O) groups excluding carboxylic acids is 1. The maximum absolute atomic E-state index is 11.7. The van der Waals surface area contributed by atoms with Crippen LogP contribution in [0, 0.1) is 6.92 Å². The predicted molar refractivity (Wildman–Crippen MR) is 133 cm³/mol. The van der Waals surface area contributed by atoms with E-state index in [4.69, 9.17) is 0 Å². The number of piperazine rings is 1. The minimum Gasteiger partial charge on any atom is -0.369 e. The fourth-order valence-corrected chi connectivity index (χ4v) is 3.19. The minimum absolute atomic E-state index is 0. The Balaban J connectivity index is 0.00000420. The Kier molecular flexibility index (Phi) is 12.0. The number of benzene rings is 1. The highest BCUT2D eigenvalue weighted by Gasteiger charge is 2.16. The molecule has 29 heavy (non-hydrogen) atoms. The summed E-state index contributed by atoms with van der Waals surface area (Å²) in [5, 5.41) is 6.52. The quantitative estimate of drug-likeness (QED) is 0.239. The Morgan fingerprint density at radius 3 is 2.52 bits per heavy atom. The van der Waals surface area contributed by atoms with Crippen LogP contribution in [0.2, 0.25) is 0 Å². The summed E-state index contributed by atoms with van der Waals surface area (Å²) in [6, 6.07) is 8.75. The van der Waals surface area contributed by atoms with E-state index in [0.717, 1.165) is 52.2 Å². The average molecular weight is 516 g/mol. The van der Waals surface area contributed by atoms with E-state index in [1.807, 2.05) is 6.92 Å². The summed E-state index contributed by atoms with van der Waals surface area (Å²) in [7, 11) is 3.49. The van der Waals surface area contributed by atoms with Crippen molar-refractivity contribution in [3.05, 3.63) is 29.8 Å². The van der Waals surface area contributed by atoms with Crippen molar-refractivity contribution >= 4 is 41.5 Å². The van der Waals surface area contributed by atoms with Crippen LogP contribution in [0.3, 0.4) is 0 Å². The molecular formula is C21H37IN6O. The van der Waals surface area contributed by atoms with Crippen LogP contribution in [0.15, 0.2) is 29.3 Å². The van der Waals surface area contributed by atoms with Gasteiger partial charge in [0.25, 0.3) is 0 Å². The predicted octanol–water partition coefficient (Wildman–Crippen LogP) is 1.77. The minimum atomic E-state index is 0. The second-order valence-corrected chi connectivity index (χ2v) is 7.43. The van der Waals surface area contributed by atoms with Crippen molar-refractivity contribution in [1.82, 2.24) is 20.4 Å². The van der Waals surface area contributed by atoms with E-state index in [-0.39, 0.29) is 36.4 Å². The van der Waals surface area contributed by atoms with E-state index in [1.54, 1.807) is 19.0 Å². The molecule has 0 bridgehead atoms. The van der Waals surface area contributed by atoms with Crippen LogP contribution in [-0.4, -0.2) is 88.1 Å². The van der Waals surface area contributed by atoms with Crippen molar-refractivity contribution in [3.63, 3.8) is 0 Å². The number of hydrogen-bond donors (Lipinski definition) is 2. The lowest BCUT2D eigenvalue weighted by molar-refractivity contribution is -0.127.